The average Bonchev–Trinajstić information content (AvgIpc) is 1.64. The number of aromatic hydroxyl groups is 1. The van der Waals surface area contributed by atoms with Gasteiger partial charge in [-0.3, -0.25) is 24.1 Å². The van der Waals surface area contributed by atoms with Crippen LogP contribution in [0.2, 0.25) is 77.1 Å². The van der Waals surface area contributed by atoms with Gasteiger partial charge in [-0.25, -0.2) is 15.0 Å². The molecule has 0 unspecified atom stereocenters. The highest BCUT2D eigenvalue weighted by Crippen LogP contribution is 2.39. The van der Waals surface area contributed by atoms with Crippen LogP contribution in [0.15, 0.2) is 128 Å². The summed E-state index contributed by atoms with van der Waals surface area (Å²) in [5, 5.41) is 9.42. The molecule has 9 aromatic rings. The fourth-order valence-corrected chi connectivity index (χ4v) is 11.8. The summed E-state index contributed by atoms with van der Waals surface area (Å²) in [6.07, 6.45) is -8.96. The number of aromatic nitrogens is 9. The summed E-state index contributed by atoms with van der Waals surface area (Å²) in [4.78, 5) is 25.6. The molecule has 506 valence electrons. The lowest BCUT2D eigenvalue weighted by atomic mass is 10.1. The van der Waals surface area contributed by atoms with E-state index >= 15 is 0 Å². The van der Waals surface area contributed by atoms with E-state index in [-0.39, 0.29) is 67.9 Å². The molecule has 25 heteroatoms. The molecular weight excluding hydrogens is 1270 g/mol. The van der Waals surface area contributed by atoms with Gasteiger partial charge < -0.3 is 23.9 Å². The van der Waals surface area contributed by atoms with Crippen molar-refractivity contribution in [3.63, 3.8) is 0 Å². The van der Waals surface area contributed by atoms with Crippen LogP contribution < -0.4 is 0 Å². The minimum absolute atomic E-state index is 0. The van der Waals surface area contributed by atoms with Crippen molar-refractivity contribution in [2.75, 3.05) is 19.8 Å². The van der Waals surface area contributed by atoms with Gasteiger partial charge in [-0.05, 0) is 113 Å². The van der Waals surface area contributed by atoms with E-state index in [4.69, 9.17) is 14.2 Å². The van der Waals surface area contributed by atoms with Gasteiger partial charge in [0, 0.05) is 102 Å². The number of aryl methyl sites for hydroxylation is 4. The third-order valence-electron chi connectivity index (χ3n) is 14.9. The molecular formula is C69H86F9N9O4Si3. The van der Waals surface area contributed by atoms with E-state index in [1.54, 1.807) is 73.1 Å². The number of rotatable bonds is 21. The summed E-state index contributed by atoms with van der Waals surface area (Å²) in [5.41, 5.74) is 6.01. The molecule has 0 aliphatic rings. The highest BCUT2D eigenvalue weighted by molar-refractivity contribution is 6.76. The Labute approximate surface area is 548 Å². The van der Waals surface area contributed by atoms with Crippen LogP contribution in [0, 0.1) is 34.6 Å². The van der Waals surface area contributed by atoms with Crippen LogP contribution in [0.25, 0.3) is 67.9 Å². The zero-order chi connectivity index (χ0) is 68.4. The van der Waals surface area contributed by atoms with Gasteiger partial charge >= 0.3 is 18.5 Å². The average molecular weight is 1360 g/mol. The monoisotopic (exact) mass is 1360 g/mol. The summed E-state index contributed by atoms with van der Waals surface area (Å²) < 4.78 is 143. The van der Waals surface area contributed by atoms with Crippen molar-refractivity contribution in [1.82, 2.24) is 43.6 Å². The Morgan fingerprint density at radius 2 is 0.670 bits per heavy atom. The molecule has 0 saturated carbocycles. The van der Waals surface area contributed by atoms with Gasteiger partial charge in [0.2, 0.25) is 0 Å². The van der Waals surface area contributed by atoms with Gasteiger partial charge in [0.25, 0.3) is 0 Å². The second-order valence-corrected chi connectivity index (χ2v) is 43.4. The molecule has 0 spiro atoms. The van der Waals surface area contributed by atoms with Crippen molar-refractivity contribution < 1.29 is 58.8 Å². The zero-order valence-electron chi connectivity index (χ0n) is 55.1. The third-order valence-corrected chi connectivity index (χ3v) is 20.0. The summed E-state index contributed by atoms with van der Waals surface area (Å²) in [6.45, 7) is 28.9. The topological polar surface area (TPSA) is 140 Å². The van der Waals surface area contributed by atoms with Gasteiger partial charge in [0.05, 0.1) is 28.5 Å². The standard InChI is InChI=1S/2C23H28F3N3OSi.C22H26F3N3O2Si.CH4/c1-16-6-8-18(9-7-16)20-11-10-19(14-27-20)22-28-21(23(24,25)26)17(2)29(22)15-30-12-13-31(3,4)5;1-16-6-8-18(9-7-16)20-11-10-19(14-27-20)22-28-17(2)21(23(24,25)26)29(22)15-30-12-13-31(3,4)5;1-15-20(22(23,24)25)28(14-30-11-12-31(2,3)4)21(27-15)17-7-10-19(26-13-17)16-5-8-18(29)9-6-16;/h2*6-11,14H,12-13,15H2,1-5H3;5-10,13,29H,11-12,14H2,1-4H3;1H4. The molecule has 9 rings (SSSR count). The van der Waals surface area contributed by atoms with Crippen LogP contribution in [0.5, 0.6) is 5.75 Å². The van der Waals surface area contributed by atoms with E-state index in [1.165, 1.54) is 31.5 Å². The quantitative estimate of drug-likeness (QED) is 0.0420. The molecule has 0 saturated heterocycles. The number of ether oxygens (including phenoxy) is 3. The molecule has 0 radical (unpaired) electrons. The number of imidazole rings is 3. The predicted octanol–water partition coefficient (Wildman–Crippen LogP) is 19.7. The second-order valence-electron chi connectivity index (χ2n) is 26.5. The van der Waals surface area contributed by atoms with Crippen LogP contribution >= 0.6 is 0 Å². The first kappa shape index (κ1) is 75.5. The Balaban J connectivity index is 0.000000222. The molecule has 13 nitrogen and oxygen atoms in total. The van der Waals surface area contributed by atoms with Gasteiger partial charge in [0.1, 0.15) is 54.8 Å². The van der Waals surface area contributed by atoms with Crippen LogP contribution in [0.3, 0.4) is 0 Å². The molecule has 0 aliphatic carbocycles. The summed E-state index contributed by atoms with van der Waals surface area (Å²) in [7, 11) is -3.99. The summed E-state index contributed by atoms with van der Waals surface area (Å²) >= 11 is 0. The van der Waals surface area contributed by atoms with Crippen LogP contribution in [0.4, 0.5) is 39.5 Å². The van der Waals surface area contributed by atoms with E-state index in [0.717, 1.165) is 66.5 Å². The maximum absolute atomic E-state index is 13.7. The number of phenols is 1. The Morgan fingerprint density at radius 3 is 0.947 bits per heavy atom. The molecule has 94 heavy (non-hydrogen) atoms. The molecule has 3 aromatic carbocycles. The van der Waals surface area contributed by atoms with E-state index < -0.39 is 59.8 Å². The number of hydrogen-bond acceptors (Lipinski definition) is 10. The van der Waals surface area contributed by atoms with Crippen LogP contribution in [-0.2, 0) is 52.9 Å². The minimum Gasteiger partial charge on any atom is -0.508 e. The fourth-order valence-electron chi connectivity index (χ4n) is 9.51. The van der Waals surface area contributed by atoms with Gasteiger partial charge in [-0.1, -0.05) is 126 Å². The first-order valence-electron chi connectivity index (χ1n) is 30.4. The van der Waals surface area contributed by atoms with E-state index in [1.807, 2.05) is 62.4 Å². The Bertz CT molecular complexity index is 3580. The van der Waals surface area contributed by atoms with Gasteiger partial charge in [-0.15, -0.1) is 0 Å². The smallest absolute Gasteiger partial charge is 0.435 e. The Hall–Kier alpha value is -7.56. The predicted molar refractivity (Wildman–Crippen MR) is 362 cm³/mol. The number of pyridine rings is 3. The SMILES string of the molecule is C.Cc1ccc(-c2ccc(-c3nc(C(F)(F)F)c(C)n3COCC[Si](C)(C)C)cn2)cc1.Cc1ccc(-c2ccc(-c3nc(C)c(C(F)(F)F)n3COCC[Si](C)(C)C)cn2)cc1.Cc1nc(-c2ccc(-c3ccc(O)cc3)nc2)n(COCC[Si](C)(C)C)c1C(F)(F)F. The number of phenolic OH excluding ortho intramolecular Hbond substituents is 1. The lowest BCUT2D eigenvalue weighted by molar-refractivity contribution is -0.147. The van der Waals surface area contributed by atoms with Crippen molar-refractivity contribution in [3.05, 3.63) is 173 Å². The lowest BCUT2D eigenvalue weighted by Crippen LogP contribution is -2.23. The number of alkyl halides is 9. The number of hydrogen-bond donors (Lipinski definition) is 1. The molecule has 0 fully saturated rings. The maximum atomic E-state index is 13.7. The van der Waals surface area contributed by atoms with Crippen molar-refractivity contribution in [2.24, 2.45) is 0 Å². The fraction of sp³-hybridized carbons (Fsp3) is 0.391. The van der Waals surface area contributed by atoms with Crippen LogP contribution in [-0.4, -0.2) is 92.8 Å². The van der Waals surface area contributed by atoms with Crippen molar-refractivity contribution in [2.45, 2.75) is 158 Å². The van der Waals surface area contributed by atoms with E-state index in [0.29, 0.717) is 42.2 Å². The normalized spacial score (nSPS) is 12.2. The number of nitrogens with zero attached hydrogens (tertiary/aromatic N) is 9. The molecule has 6 heterocycles. The third kappa shape index (κ3) is 21.2. The molecule has 0 aliphatic heterocycles. The van der Waals surface area contributed by atoms with E-state index in [2.05, 4.69) is 88.8 Å². The molecule has 0 amide bonds. The second kappa shape index (κ2) is 31.3. The van der Waals surface area contributed by atoms with Crippen LogP contribution in [0.1, 0.15) is 52.7 Å². The van der Waals surface area contributed by atoms with Crippen molar-refractivity contribution in [3.8, 4) is 73.7 Å². The highest BCUT2D eigenvalue weighted by atomic mass is 28.3. The Morgan fingerprint density at radius 1 is 0.383 bits per heavy atom. The van der Waals surface area contributed by atoms with Crippen molar-refractivity contribution >= 4 is 24.2 Å². The van der Waals surface area contributed by atoms with E-state index in [9.17, 15) is 44.6 Å². The summed E-state index contributed by atoms with van der Waals surface area (Å²) in [5.74, 6) is 0.732. The lowest BCUT2D eigenvalue weighted by Gasteiger charge is -2.18. The first-order valence-corrected chi connectivity index (χ1v) is 41.5. The molecule has 6 aromatic heterocycles. The first-order chi connectivity index (χ1) is 43.4. The Kier molecular flexibility index (Phi) is 25.2. The zero-order valence-corrected chi connectivity index (χ0v) is 58.1. The molecule has 0 bridgehead atoms. The number of halogens is 9. The molecule has 1 N–H and O–H groups in total. The van der Waals surface area contributed by atoms with Crippen molar-refractivity contribution in [1.29, 1.82) is 0 Å². The van der Waals surface area contributed by atoms with Gasteiger partial charge in [-0.2, -0.15) is 39.5 Å². The maximum Gasteiger partial charge on any atom is 0.435 e. The molecule has 0 atom stereocenters. The minimum atomic E-state index is -4.54. The largest absolute Gasteiger partial charge is 0.508 e. The highest BCUT2D eigenvalue weighted by Gasteiger charge is 2.41. The number of benzene rings is 3. The summed E-state index contributed by atoms with van der Waals surface area (Å²) in [6, 6.07) is 35.6. The van der Waals surface area contributed by atoms with Gasteiger partial charge in [0.15, 0.2) is 5.69 Å².